The van der Waals surface area contributed by atoms with Crippen molar-refractivity contribution in [2.45, 2.75) is 51.6 Å². The third kappa shape index (κ3) is 2.30. The molecular weight excluding hydrogens is 216 g/mol. The van der Waals surface area contributed by atoms with Gasteiger partial charge in [-0.15, -0.1) is 11.3 Å². The van der Waals surface area contributed by atoms with Crippen LogP contribution in [0.4, 0.5) is 0 Å². The molecule has 0 saturated heterocycles. The van der Waals surface area contributed by atoms with Crippen LogP contribution in [0.5, 0.6) is 0 Å². The Kier molecular flexibility index (Phi) is 2.76. The van der Waals surface area contributed by atoms with Crippen LogP contribution in [0, 0.1) is 18.8 Å². The van der Waals surface area contributed by atoms with E-state index in [9.17, 15) is 0 Å². The summed E-state index contributed by atoms with van der Waals surface area (Å²) < 4.78 is 0. The second-order valence-corrected chi connectivity index (χ2v) is 6.32. The fourth-order valence-corrected chi connectivity index (χ4v) is 3.32. The maximum atomic E-state index is 4.66. The number of aromatic nitrogens is 1. The number of nitrogens with one attached hydrogen (secondary N) is 1. The summed E-state index contributed by atoms with van der Waals surface area (Å²) in [6.07, 6.45) is 5.60. The van der Waals surface area contributed by atoms with Crippen LogP contribution in [-0.4, -0.2) is 11.0 Å². The van der Waals surface area contributed by atoms with Gasteiger partial charge in [-0.2, -0.15) is 0 Å². The number of thiazole rings is 1. The molecule has 0 spiro atoms. The Hall–Kier alpha value is -0.410. The van der Waals surface area contributed by atoms with Gasteiger partial charge in [-0.25, -0.2) is 4.98 Å². The number of rotatable bonds is 5. The van der Waals surface area contributed by atoms with Gasteiger partial charge in [0, 0.05) is 17.1 Å². The Morgan fingerprint density at radius 3 is 2.50 bits per heavy atom. The summed E-state index contributed by atoms with van der Waals surface area (Å²) in [4.78, 5) is 4.66. The molecule has 1 heterocycles. The SMILES string of the molecule is Cc1csc([C@H](N[C@@H](C)C2CC2)C2CC2)n1. The zero-order valence-electron chi connectivity index (χ0n) is 10.1. The molecule has 0 radical (unpaired) electrons. The van der Waals surface area contributed by atoms with Crippen molar-refractivity contribution in [1.82, 2.24) is 10.3 Å². The van der Waals surface area contributed by atoms with Crippen LogP contribution >= 0.6 is 11.3 Å². The molecule has 0 unspecified atom stereocenters. The van der Waals surface area contributed by atoms with Crippen molar-refractivity contribution in [3.63, 3.8) is 0 Å². The summed E-state index contributed by atoms with van der Waals surface area (Å²) in [5.74, 6) is 1.79. The first-order valence-electron chi connectivity index (χ1n) is 6.42. The van der Waals surface area contributed by atoms with Gasteiger partial charge >= 0.3 is 0 Å². The zero-order valence-corrected chi connectivity index (χ0v) is 10.9. The van der Waals surface area contributed by atoms with Crippen LogP contribution in [-0.2, 0) is 0 Å². The summed E-state index contributed by atoms with van der Waals surface area (Å²) in [5, 5.41) is 7.31. The lowest BCUT2D eigenvalue weighted by molar-refractivity contribution is 0.391. The highest BCUT2D eigenvalue weighted by molar-refractivity contribution is 7.09. The minimum absolute atomic E-state index is 0.536. The lowest BCUT2D eigenvalue weighted by Crippen LogP contribution is -2.33. The molecule has 0 aliphatic heterocycles. The first kappa shape index (κ1) is 10.7. The Morgan fingerprint density at radius 1 is 1.31 bits per heavy atom. The largest absolute Gasteiger partial charge is 0.305 e. The highest BCUT2D eigenvalue weighted by atomic mass is 32.1. The number of aryl methyl sites for hydroxylation is 1. The van der Waals surface area contributed by atoms with Gasteiger partial charge in [-0.05, 0) is 51.4 Å². The van der Waals surface area contributed by atoms with Crippen LogP contribution in [0.3, 0.4) is 0 Å². The van der Waals surface area contributed by atoms with Crippen molar-refractivity contribution in [2.24, 2.45) is 11.8 Å². The minimum atomic E-state index is 0.536. The van der Waals surface area contributed by atoms with Gasteiger partial charge in [0.25, 0.3) is 0 Å². The maximum absolute atomic E-state index is 4.66. The van der Waals surface area contributed by atoms with Crippen molar-refractivity contribution in [2.75, 3.05) is 0 Å². The second-order valence-electron chi connectivity index (χ2n) is 5.43. The average molecular weight is 236 g/mol. The summed E-state index contributed by atoms with van der Waals surface area (Å²) in [6, 6.07) is 1.21. The van der Waals surface area contributed by atoms with Crippen LogP contribution in [0.2, 0.25) is 0 Å². The van der Waals surface area contributed by atoms with Gasteiger partial charge in [-0.1, -0.05) is 0 Å². The molecule has 88 valence electrons. The Balaban J connectivity index is 1.70. The van der Waals surface area contributed by atoms with E-state index < -0.39 is 0 Å². The number of hydrogen-bond donors (Lipinski definition) is 1. The smallest absolute Gasteiger partial charge is 0.110 e. The van der Waals surface area contributed by atoms with Crippen molar-refractivity contribution < 1.29 is 0 Å². The van der Waals surface area contributed by atoms with Crippen molar-refractivity contribution in [1.29, 1.82) is 0 Å². The molecule has 1 aromatic rings. The highest BCUT2D eigenvalue weighted by Gasteiger charge is 2.37. The quantitative estimate of drug-likeness (QED) is 0.848. The van der Waals surface area contributed by atoms with Crippen molar-refractivity contribution >= 4 is 11.3 Å². The van der Waals surface area contributed by atoms with Gasteiger partial charge < -0.3 is 5.32 Å². The summed E-state index contributed by atoms with van der Waals surface area (Å²) >= 11 is 1.83. The van der Waals surface area contributed by atoms with E-state index in [1.165, 1.54) is 36.4 Å². The molecule has 2 nitrogen and oxygen atoms in total. The van der Waals surface area contributed by atoms with Gasteiger partial charge in [0.05, 0.1) is 6.04 Å². The molecule has 1 N–H and O–H groups in total. The Labute approximate surface area is 101 Å². The molecule has 0 amide bonds. The average Bonchev–Trinajstić information content (AvgIpc) is 3.13. The Bertz CT molecular complexity index is 366. The third-order valence-electron chi connectivity index (χ3n) is 3.77. The molecule has 0 bridgehead atoms. The molecular formula is C13H20N2S. The van der Waals surface area contributed by atoms with E-state index in [4.69, 9.17) is 0 Å². The second kappa shape index (κ2) is 4.11. The fourth-order valence-electron chi connectivity index (χ4n) is 2.37. The minimum Gasteiger partial charge on any atom is -0.305 e. The molecule has 2 aliphatic carbocycles. The maximum Gasteiger partial charge on any atom is 0.110 e. The Morgan fingerprint density at radius 2 is 2.00 bits per heavy atom. The highest BCUT2D eigenvalue weighted by Crippen LogP contribution is 2.43. The third-order valence-corrected chi connectivity index (χ3v) is 4.81. The normalized spacial score (nSPS) is 24.4. The standard InChI is InChI=1S/C13H20N2S/c1-8-7-16-13(14-8)12(11-5-6-11)15-9(2)10-3-4-10/h7,9-12,15H,3-6H2,1-2H3/t9-,12+/m0/s1. The monoisotopic (exact) mass is 236 g/mol. The molecule has 2 aliphatic rings. The predicted octanol–water partition coefficient (Wildman–Crippen LogP) is 3.29. The number of hydrogen-bond acceptors (Lipinski definition) is 3. The van der Waals surface area contributed by atoms with Gasteiger partial charge in [0.15, 0.2) is 0 Å². The van der Waals surface area contributed by atoms with E-state index in [0.29, 0.717) is 12.1 Å². The molecule has 1 aromatic heterocycles. The van der Waals surface area contributed by atoms with Crippen LogP contribution in [0.1, 0.15) is 49.4 Å². The molecule has 3 heteroatoms. The molecule has 0 aromatic carbocycles. The molecule has 2 saturated carbocycles. The van der Waals surface area contributed by atoms with E-state index in [0.717, 1.165) is 11.8 Å². The molecule has 16 heavy (non-hydrogen) atoms. The van der Waals surface area contributed by atoms with E-state index in [1.807, 2.05) is 11.3 Å². The molecule has 2 atom stereocenters. The van der Waals surface area contributed by atoms with Crippen molar-refractivity contribution in [3.05, 3.63) is 16.1 Å². The van der Waals surface area contributed by atoms with Crippen molar-refractivity contribution in [3.8, 4) is 0 Å². The fraction of sp³-hybridized carbons (Fsp3) is 0.769. The molecule has 2 fully saturated rings. The van der Waals surface area contributed by atoms with Crippen LogP contribution in [0.25, 0.3) is 0 Å². The van der Waals surface area contributed by atoms with Gasteiger partial charge in [-0.3, -0.25) is 0 Å². The zero-order chi connectivity index (χ0) is 11.1. The summed E-state index contributed by atoms with van der Waals surface area (Å²) in [5.41, 5.74) is 1.17. The first-order valence-corrected chi connectivity index (χ1v) is 7.30. The van der Waals surface area contributed by atoms with Gasteiger partial charge in [0.2, 0.25) is 0 Å². The van der Waals surface area contributed by atoms with E-state index in [-0.39, 0.29) is 0 Å². The topological polar surface area (TPSA) is 24.9 Å². The summed E-state index contributed by atoms with van der Waals surface area (Å²) in [7, 11) is 0. The van der Waals surface area contributed by atoms with Crippen LogP contribution < -0.4 is 5.32 Å². The number of nitrogens with zero attached hydrogens (tertiary/aromatic N) is 1. The molecule has 3 rings (SSSR count). The lowest BCUT2D eigenvalue weighted by atomic mass is 10.1. The van der Waals surface area contributed by atoms with E-state index in [1.54, 1.807) is 0 Å². The summed E-state index contributed by atoms with van der Waals surface area (Å²) in [6.45, 7) is 4.43. The van der Waals surface area contributed by atoms with Crippen LogP contribution in [0.15, 0.2) is 5.38 Å². The lowest BCUT2D eigenvalue weighted by Gasteiger charge is -2.21. The van der Waals surface area contributed by atoms with Gasteiger partial charge in [0.1, 0.15) is 5.01 Å². The van der Waals surface area contributed by atoms with E-state index in [2.05, 4.69) is 29.5 Å². The predicted molar refractivity (Wildman–Crippen MR) is 67.6 cm³/mol. The first-order chi connectivity index (χ1) is 7.74. The van der Waals surface area contributed by atoms with E-state index >= 15 is 0 Å².